The van der Waals surface area contributed by atoms with Crippen LogP contribution >= 0.6 is 22.7 Å². The molecule has 0 aromatic carbocycles. The third kappa shape index (κ3) is 3.41. The van der Waals surface area contributed by atoms with E-state index in [2.05, 4.69) is 4.98 Å². The molecule has 2 atom stereocenters. The largest absolute Gasteiger partial charge is 0.481 e. The van der Waals surface area contributed by atoms with Crippen LogP contribution in [0, 0.1) is 11.8 Å². The third-order valence-corrected chi connectivity index (χ3v) is 7.08. The fourth-order valence-electron chi connectivity index (χ4n) is 3.82. The lowest BCUT2D eigenvalue weighted by atomic mass is 9.84. The Bertz CT molecular complexity index is 781. The third-order valence-electron chi connectivity index (χ3n) is 5.20. The fourth-order valence-corrected chi connectivity index (χ4v) is 5.43. The van der Waals surface area contributed by atoms with Crippen LogP contribution in [0.4, 0.5) is 0 Å². The van der Waals surface area contributed by atoms with E-state index in [-0.39, 0.29) is 17.9 Å². The average molecular weight is 393 g/mol. The molecule has 1 unspecified atom stereocenters. The molecule has 8 heteroatoms. The van der Waals surface area contributed by atoms with Gasteiger partial charge in [-0.15, -0.1) is 22.7 Å². The Kier molecular flexibility index (Phi) is 5.06. The molecule has 2 fully saturated rings. The Labute approximate surface area is 159 Å². The van der Waals surface area contributed by atoms with E-state index in [0.29, 0.717) is 31.8 Å². The van der Waals surface area contributed by atoms with Gasteiger partial charge in [-0.25, -0.2) is 4.98 Å². The van der Waals surface area contributed by atoms with E-state index in [0.717, 1.165) is 22.7 Å². The first-order valence-corrected chi connectivity index (χ1v) is 10.5. The fraction of sp³-hybridized carbons (Fsp3) is 0.500. The number of carbonyl (C=O) groups is 2. The second-order valence-electron chi connectivity index (χ2n) is 6.71. The van der Waals surface area contributed by atoms with Gasteiger partial charge in [-0.05, 0) is 36.6 Å². The van der Waals surface area contributed by atoms with Gasteiger partial charge >= 0.3 is 5.97 Å². The standard InChI is InChI=1S/C18H20N2O4S2/c21-17(13-10-26-16(19-13)14-2-1-9-25-14)20-6-3-11(4-7-20)15-12(18(22)23)5-8-24-15/h1-2,9-12,15H,3-8H2,(H,22,23)/t12?,15-/m0/s1. The van der Waals surface area contributed by atoms with E-state index < -0.39 is 11.9 Å². The summed E-state index contributed by atoms with van der Waals surface area (Å²) in [6, 6.07) is 3.98. The minimum absolute atomic E-state index is 0.0374. The number of thiazole rings is 1. The average Bonchev–Trinajstić information content (AvgIpc) is 3.42. The Hall–Kier alpha value is -1.77. The number of likely N-dealkylation sites (tertiary alicyclic amines) is 1. The van der Waals surface area contributed by atoms with Crippen molar-refractivity contribution in [3.05, 3.63) is 28.6 Å². The molecule has 138 valence electrons. The summed E-state index contributed by atoms with van der Waals surface area (Å²) in [5, 5.41) is 14.0. The molecule has 0 saturated carbocycles. The predicted molar refractivity (Wildman–Crippen MR) is 99.5 cm³/mol. The SMILES string of the molecule is O=C(O)C1CCO[C@H]1C1CCN(C(=O)c2csc(-c3cccs3)n2)CC1. The number of nitrogens with zero attached hydrogens (tertiary/aromatic N) is 2. The van der Waals surface area contributed by atoms with E-state index in [9.17, 15) is 14.7 Å². The van der Waals surface area contributed by atoms with Crippen LogP contribution in [0.2, 0.25) is 0 Å². The number of carbonyl (C=O) groups excluding carboxylic acids is 1. The number of piperidine rings is 1. The van der Waals surface area contributed by atoms with Crippen LogP contribution in [-0.4, -0.2) is 52.7 Å². The molecule has 26 heavy (non-hydrogen) atoms. The number of carboxylic acids is 1. The Morgan fingerprint density at radius 3 is 2.73 bits per heavy atom. The molecule has 4 heterocycles. The number of hydrogen-bond acceptors (Lipinski definition) is 6. The first kappa shape index (κ1) is 17.6. The maximum Gasteiger partial charge on any atom is 0.309 e. The molecular formula is C18H20N2O4S2. The molecule has 1 amide bonds. The minimum Gasteiger partial charge on any atom is -0.481 e. The van der Waals surface area contributed by atoms with Crippen molar-refractivity contribution in [2.45, 2.75) is 25.4 Å². The molecule has 4 rings (SSSR count). The summed E-state index contributed by atoms with van der Waals surface area (Å²) >= 11 is 3.11. The van der Waals surface area contributed by atoms with Gasteiger partial charge in [-0.1, -0.05) is 6.07 Å². The lowest BCUT2D eigenvalue weighted by Gasteiger charge is -2.35. The van der Waals surface area contributed by atoms with E-state index in [4.69, 9.17) is 4.74 Å². The van der Waals surface area contributed by atoms with E-state index in [1.54, 1.807) is 11.3 Å². The van der Waals surface area contributed by atoms with Crippen LogP contribution in [0.1, 0.15) is 29.8 Å². The lowest BCUT2D eigenvalue weighted by molar-refractivity contribution is -0.145. The molecule has 2 aromatic rings. The van der Waals surface area contributed by atoms with Crippen molar-refractivity contribution in [2.75, 3.05) is 19.7 Å². The van der Waals surface area contributed by atoms with Crippen LogP contribution in [0.5, 0.6) is 0 Å². The zero-order chi connectivity index (χ0) is 18.1. The van der Waals surface area contributed by atoms with Crippen molar-refractivity contribution in [2.24, 2.45) is 11.8 Å². The number of rotatable bonds is 4. The monoisotopic (exact) mass is 392 g/mol. The maximum absolute atomic E-state index is 12.7. The second-order valence-corrected chi connectivity index (χ2v) is 8.52. The highest BCUT2D eigenvalue weighted by atomic mass is 32.1. The molecule has 0 bridgehead atoms. The zero-order valence-electron chi connectivity index (χ0n) is 14.2. The molecule has 0 spiro atoms. The number of ether oxygens (including phenoxy) is 1. The molecule has 1 N–H and O–H groups in total. The van der Waals surface area contributed by atoms with Gasteiger partial charge in [-0.3, -0.25) is 9.59 Å². The van der Waals surface area contributed by atoms with Gasteiger partial charge in [0, 0.05) is 25.1 Å². The lowest BCUT2D eigenvalue weighted by Crippen LogP contribution is -2.43. The van der Waals surface area contributed by atoms with Gasteiger partial charge in [0.05, 0.1) is 16.9 Å². The number of aromatic nitrogens is 1. The molecule has 6 nitrogen and oxygen atoms in total. The maximum atomic E-state index is 12.7. The minimum atomic E-state index is -0.769. The van der Waals surface area contributed by atoms with Crippen molar-refractivity contribution in [3.8, 4) is 9.88 Å². The number of hydrogen-bond donors (Lipinski definition) is 1. The quantitative estimate of drug-likeness (QED) is 0.864. The first-order chi connectivity index (χ1) is 12.6. The van der Waals surface area contributed by atoms with Gasteiger partial charge in [0.25, 0.3) is 5.91 Å². The Morgan fingerprint density at radius 1 is 1.23 bits per heavy atom. The van der Waals surface area contributed by atoms with Crippen LogP contribution in [0.3, 0.4) is 0 Å². The van der Waals surface area contributed by atoms with Crippen molar-refractivity contribution < 1.29 is 19.4 Å². The van der Waals surface area contributed by atoms with Gasteiger partial charge in [-0.2, -0.15) is 0 Å². The summed E-state index contributed by atoms with van der Waals surface area (Å²) in [4.78, 5) is 31.5. The van der Waals surface area contributed by atoms with Crippen LogP contribution in [0.15, 0.2) is 22.9 Å². The van der Waals surface area contributed by atoms with Crippen LogP contribution < -0.4 is 0 Å². The van der Waals surface area contributed by atoms with Gasteiger partial charge in [0.2, 0.25) is 0 Å². The molecule has 2 aliphatic rings. The van der Waals surface area contributed by atoms with E-state index >= 15 is 0 Å². The van der Waals surface area contributed by atoms with E-state index in [1.807, 2.05) is 27.8 Å². The Balaban J connectivity index is 1.37. The van der Waals surface area contributed by atoms with Gasteiger partial charge in [0.15, 0.2) is 0 Å². The first-order valence-electron chi connectivity index (χ1n) is 8.76. The smallest absolute Gasteiger partial charge is 0.309 e. The summed E-state index contributed by atoms with van der Waals surface area (Å²) in [7, 11) is 0. The highest BCUT2D eigenvalue weighted by Gasteiger charge is 2.41. The molecule has 0 aliphatic carbocycles. The molecule has 2 aliphatic heterocycles. The molecule has 2 aromatic heterocycles. The normalized spacial score (nSPS) is 24.1. The summed E-state index contributed by atoms with van der Waals surface area (Å²) < 4.78 is 5.70. The highest BCUT2D eigenvalue weighted by molar-refractivity contribution is 7.20. The summed E-state index contributed by atoms with van der Waals surface area (Å²) in [5.41, 5.74) is 0.498. The van der Waals surface area contributed by atoms with Crippen LogP contribution in [0.25, 0.3) is 9.88 Å². The summed E-state index contributed by atoms with van der Waals surface area (Å²) in [5.74, 6) is -1.01. The van der Waals surface area contributed by atoms with Crippen molar-refractivity contribution in [1.29, 1.82) is 0 Å². The number of aliphatic carboxylic acids is 1. The summed E-state index contributed by atoms with van der Waals surface area (Å²) in [6.07, 6.45) is 1.93. The topological polar surface area (TPSA) is 79.7 Å². The molecule has 0 radical (unpaired) electrons. The highest BCUT2D eigenvalue weighted by Crippen LogP contribution is 2.34. The number of carboxylic acid groups (broad SMARTS) is 1. The predicted octanol–water partition coefficient (Wildman–Crippen LogP) is 3.21. The van der Waals surface area contributed by atoms with E-state index in [1.165, 1.54) is 11.3 Å². The van der Waals surface area contributed by atoms with Crippen molar-refractivity contribution in [3.63, 3.8) is 0 Å². The second kappa shape index (κ2) is 7.46. The number of amides is 1. The molecule has 2 saturated heterocycles. The van der Waals surface area contributed by atoms with Gasteiger partial charge in [0.1, 0.15) is 10.7 Å². The van der Waals surface area contributed by atoms with Crippen molar-refractivity contribution >= 4 is 34.6 Å². The van der Waals surface area contributed by atoms with Crippen molar-refractivity contribution in [1.82, 2.24) is 9.88 Å². The molecular weight excluding hydrogens is 372 g/mol. The van der Waals surface area contributed by atoms with Gasteiger partial charge < -0.3 is 14.7 Å². The number of thiophene rings is 1. The summed E-state index contributed by atoms with van der Waals surface area (Å²) in [6.45, 7) is 1.77. The van der Waals surface area contributed by atoms with Crippen LogP contribution in [-0.2, 0) is 9.53 Å². The Morgan fingerprint density at radius 2 is 2.04 bits per heavy atom. The zero-order valence-corrected chi connectivity index (χ0v) is 15.8.